The van der Waals surface area contributed by atoms with E-state index in [-0.39, 0.29) is 23.1 Å². The monoisotopic (exact) mass is 402 g/mol. The number of hydrogen-bond donors (Lipinski definition) is 0. The third-order valence-corrected chi connectivity index (χ3v) is 5.13. The van der Waals surface area contributed by atoms with Gasteiger partial charge < -0.3 is 9.64 Å². The van der Waals surface area contributed by atoms with Crippen molar-refractivity contribution in [3.05, 3.63) is 28.3 Å². The van der Waals surface area contributed by atoms with Gasteiger partial charge in [-0.3, -0.25) is 9.13 Å². The molecule has 0 N–H and O–H groups in total. The topological polar surface area (TPSA) is 69.4 Å². The Kier molecular flexibility index (Phi) is 5.54. The Balaban J connectivity index is 1.88. The zero-order valence-electron chi connectivity index (χ0n) is 18.8. The summed E-state index contributed by atoms with van der Waals surface area (Å²) >= 11 is 0. The van der Waals surface area contributed by atoms with Gasteiger partial charge >= 0.3 is 11.8 Å². The standard InChI is InChI=1S/C22H34N4O3/c1-21(2,3)14-26-17-11-10-16(23-18(17)24(7)19(26)27)15-9-8-12-25(13-15)20(28)29-22(4,5)6/h10-11,15H,8-9,12-14H2,1-7H3. The number of pyridine rings is 1. The molecule has 7 heteroatoms. The van der Waals surface area contributed by atoms with E-state index in [2.05, 4.69) is 20.8 Å². The minimum Gasteiger partial charge on any atom is -0.444 e. The molecule has 1 amide bonds. The largest absolute Gasteiger partial charge is 0.444 e. The molecule has 1 atom stereocenters. The number of likely N-dealkylation sites (tertiary alicyclic amines) is 1. The summed E-state index contributed by atoms with van der Waals surface area (Å²) in [5, 5.41) is 0. The summed E-state index contributed by atoms with van der Waals surface area (Å²) in [5.74, 6) is 0.140. The van der Waals surface area contributed by atoms with Gasteiger partial charge in [-0.25, -0.2) is 14.6 Å². The van der Waals surface area contributed by atoms with E-state index >= 15 is 0 Å². The van der Waals surface area contributed by atoms with Crippen molar-refractivity contribution in [2.45, 2.75) is 72.4 Å². The average Bonchev–Trinajstić information content (AvgIpc) is 2.84. The lowest BCUT2D eigenvalue weighted by molar-refractivity contribution is 0.0197. The first-order valence-electron chi connectivity index (χ1n) is 10.4. The molecule has 1 fully saturated rings. The van der Waals surface area contributed by atoms with E-state index < -0.39 is 5.60 Å². The van der Waals surface area contributed by atoms with Crippen molar-refractivity contribution >= 4 is 17.3 Å². The van der Waals surface area contributed by atoms with Gasteiger partial charge in [-0.15, -0.1) is 0 Å². The Morgan fingerprint density at radius 2 is 1.90 bits per heavy atom. The van der Waals surface area contributed by atoms with Crippen molar-refractivity contribution in [1.82, 2.24) is 19.0 Å². The number of fused-ring (bicyclic) bond motifs is 1. The SMILES string of the molecule is Cn1c(=O)n(CC(C)(C)C)c2ccc(C3CCCN(C(=O)OC(C)(C)C)C3)nc21. The average molecular weight is 403 g/mol. The number of carbonyl (C=O) groups is 1. The quantitative estimate of drug-likeness (QED) is 0.764. The summed E-state index contributed by atoms with van der Waals surface area (Å²) in [7, 11) is 1.77. The van der Waals surface area contributed by atoms with Gasteiger partial charge in [-0.05, 0) is 51.2 Å². The Hall–Kier alpha value is -2.31. The number of nitrogens with zero attached hydrogens (tertiary/aromatic N) is 4. The Labute approximate surface area is 172 Å². The van der Waals surface area contributed by atoms with Crippen LogP contribution in [0.25, 0.3) is 11.2 Å². The Morgan fingerprint density at radius 1 is 1.21 bits per heavy atom. The number of carbonyl (C=O) groups excluding carboxylic acids is 1. The molecule has 1 aliphatic heterocycles. The van der Waals surface area contributed by atoms with Gasteiger partial charge in [0.1, 0.15) is 5.60 Å². The molecule has 2 aromatic rings. The number of rotatable bonds is 2. The highest BCUT2D eigenvalue weighted by Crippen LogP contribution is 2.28. The van der Waals surface area contributed by atoms with Gasteiger partial charge in [0.05, 0.1) is 5.52 Å². The minimum absolute atomic E-state index is 0.00588. The first kappa shape index (κ1) is 21.4. The number of amides is 1. The molecule has 0 radical (unpaired) electrons. The molecule has 0 saturated carbocycles. The summed E-state index contributed by atoms with van der Waals surface area (Å²) in [6.45, 7) is 13.9. The van der Waals surface area contributed by atoms with E-state index in [4.69, 9.17) is 9.72 Å². The Bertz CT molecular complexity index is 959. The van der Waals surface area contributed by atoms with Crippen LogP contribution in [0.3, 0.4) is 0 Å². The fourth-order valence-electron chi connectivity index (χ4n) is 3.85. The maximum Gasteiger partial charge on any atom is 0.410 e. The normalized spacial score (nSPS) is 18.3. The van der Waals surface area contributed by atoms with Crippen LogP contribution in [0.2, 0.25) is 0 Å². The van der Waals surface area contributed by atoms with E-state index in [0.717, 1.165) is 24.1 Å². The van der Waals surface area contributed by atoms with Crippen LogP contribution in [0, 0.1) is 5.41 Å². The minimum atomic E-state index is -0.505. The molecule has 0 spiro atoms. The van der Waals surface area contributed by atoms with E-state index in [9.17, 15) is 9.59 Å². The van der Waals surface area contributed by atoms with Gasteiger partial charge in [0.2, 0.25) is 0 Å². The molecular formula is C22H34N4O3. The molecule has 1 saturated heterocycles. The fourth-order valence-corrected chi connectivity index (χ4v) is 3.85. The molecule has 3 heterocycles. The summed E-state index contributed by atoms with van der Waals surface area (Å²) in [5.41, 5.74) is 1.93. The third-order valence-electron chi connectivity index (χ3n) is 5.13. The molecular weight excluding hydrogens is 368 g/mol. The van der Waals surface area contributed by atoms with Crippen LogP contribution in [-0.2, 0) is 18.3 Å². The van der Waals surface area contributed by atoms with Crippen molar-refractivity contribution in [2.24, 2.45) is 12.5 Å². The molecule has 0 bridgehead atoms. The summed E-state index contributed by atoms with van der Waals surface area (Å²) in [6.07, 6.45) is 1.61. The zero-order chi connectivity index (χ0) is 21.6. The molecule has 0 aliphatic carbocycles. The van der Waals surface area contributed by atoms with Gasteiger partial charge in [0.25, 0.3) is 0 Å². The van der Waals surface area contributed by atoms with Crippen LogP contribution in [0.15, 0.2) is 16.9 Å². The molecule has 3 rings (SSSR count). The number of piperidine rings is 1. The number of aryl methyl sites for hydroxylation is 1. The highest BCUT2D eigenvalue weighted by atomic mass is 16.6. The maximum absolute atomic E-state index is 12.7. The summed E-state index contributed by atoms with van der Waals surface area (Å²) < 4.78 is 8.96. The van der Waals surface area contributed by atoms with Crippen LogP contribution in [0.5, 0.6) is 0 Å². The van der Waals surface area contributed by atoms with Gasteiger partial charge in [0.15, 0.2) is 5.65 Å². The fraction of sp³-hybridized carbons (Fsp3) is 0.682. The van der Waals surface area contributed by atoms with Gasteiger partial charge in [-0.1, -0.05) is 20.8 Å². The Morgan fingerprint density at radius 3 is 2.52 bits per heavy atom. The summed E-state index contributed by atoms with van der Waals surface area (Å²) in [4.78, 5) is 31.8. The molecule has 160 valence electrons. The second-order valence-electron chi connectivity index (χ2n) is 10.3. The van der Waals surface area contributed by atoms with Crippen molar-refractivity contribution in [3.63, 3.8) is 0 Å². The predicted octanol–water partition coefficient (Wildman–Crippen LogP) is 3.90. The molecule has 29 heavy (non-hydrogen) atoms. The molecule has 1 aliphatic rings. The van der Waals surface area contributed by atoms with Crippen LogP contribution in [0.4, 0.5) is 4.79 Å². The van der Waals surface area contributed by atoms with E-state index in [1.165, 1.54) is 0 Å². The second-order valence-corrected chi connectivity index (χ2v) is 10.3. The van der Waals surface area contributed by atoms with Gasteiger partial charge in [0, 0.05) is 38.3 Å². The lowest BCUT2D eigenvalue weighted by Crippen LogP contribution is -2.42. The van der Waals surface area contributed by atoms with E-state index in [1.54, 1.807) is 21.1 Å². The van der Waals surface area contributed by atoms with Crippen molar-refractivity contribution in [2.75, 3.05) is 13.1 Å². The smallest absolute Gasteiger partial charge is 0.410 e. The second kappa shape index (κ2) is 7.50. The zero-order valence-corrected chi connectivity index (χ0v) is 18.8. The number of imidazole rings is 1. The first-order chi connectivity index (χ1) is 13.4. The first-order valence-corrected chi connectivity index (χ1v) is 10.4. The highest BCUT2D eigenvalue weighted by molar-refractivity contribution is 5.72. The highest BCUT2D eigenvalue weighted by Gasteiger charge is 2.29. The number of ether oxygens (including phenoxy) is 1. The molecule has 7 nitrogen and oxygen atoms in total. The lowest BCUT2D eigenvalue weighted by atomic mass is 9.94. The number of aromatic nitrogens is 3. The van der Waals surface area contributed by atoms with E-state index in [0.29, 0.717) is 25.3 Å². The van der Waals surface area contributed by atoms with Crippen LogP contribution in [-0.4, -0.2) is 43.8 Å². The maximum atomic E-state index is 12.7. The van der Waals surface area contributed by atoms with Crippen LogP contribution >= 0.6 is 0 Å². The van der Waals surface area contributed by atoms with Gasteiger partial charge in [-0.2, -0.15) is 0 Å². The van der Waals surface area contributed by atoms with Crippen LogP contribution < -0.4 is 5.69 Å². The van der Waals surface area contributed by atoms with Crippen LogP contribution in [0.1, 0.15) is 66.0 Å². The third kappa shape index (κ3) is 4.82. The molecule has 1 unspecified atom stereocenters. The van der Waals surface area contributed by atoms with Crippen molar-refractivity contribution in [3.8, 4) is 0 Å². The van der Waals surface area contributed by atoms with Crippen molar-refractivity contribution in [1.29, 1.82) is 0 Å². The van der Waals surface area contributed by atoms with Crippen molar-refractivity contribution < 1.29 is 9.53 Å². The van der Waals surface area contributed by atoms with E-state index in [1.807, 2.05) is 32.9 Å². The summed E-state index contributed by atoms with van der Waals surface area (Å²) in [6, 6.07) is 4.00. The lowest BCUT2D eigenvalue weighted by Gasteiger charge is -2.34. The molecule has 2 aromatic heterocycles. The number of hydrogen-bond acceptors (Lipinski definition) is 4. The predicted molar refractivity (Wildman–Crippen MR) is 114 cm³/mol. The molecule has 0 aromatic carbocycles.